The number of rotatable bonds is 8. The van der Waals surface area contributed by atoms with Crippen molar-refractivity contribution in [2.75, 3.05) is 26.4 Å². The predicted octanol–water partition coefficient (Wildman–Crippen LogP) is 2.67. The third-order valence-electron chi connectivity index (χ3n) is 3.24. The summed E-state index contributed by atoms with van der Waals surface area (Å²) in [6.07, 6.45) is 4.07. The molecule has 1 saturated heterocycles. The number of nitriles is 1. The van der Waals surface area contributed by atoms with Crippen LogP contribution in [0.4, 0.5) is 0 Å². The van der Waals surface area contributed by atoms with Crippen molar-refractivity contribution in [3.8, 4) is 6.07 Å². The van der Waals surface area contributed by atoms with E-state index in [1.807, 2.05) is 17.6 Å². The number of likely N-dealkylation sites (tertiary alicyclic amines) is 1. The monoisotopic (exact) mass is 287 g/mol. The maximum atomic E-state index is 12.0. The SMILES string of the molecule is CCC1CCC[15N]1C(=O)CCOP(C)OCCC#N. The number of hydrogen-bond donors (Lipinski definition) is 0. The van der Waals surface area contributed by atoms with Crippen molar-refractivity contribution >= 4 is 14.3 Å². The Balaban J connectivity index is 2.15. The molecule has 0 spiro atoms. The Morgan fingerprint density at radius 1 is 1.47 bits per heavy atom. The minimum atomic E-state index is -0.972. The molecule has 1 amide bonds. The van der Waals surface area contributed by atoms with Crippen LogP contribution in [0.2, 0.25) is 0 Å². The fraction of sp³-hybridized carbons (Fsp3) is 0.846. The first kappa shape index (κ1) is 16.4. The molecule has 6 heteroatoms. The van der Waals surface area contributed by atoms with Gasteiger partial charge >= 0.3 is 0 Å². The summed E-state index contributed by atoms with van der Waals surface area (Å²) >= 11 is 0. The molecule has 0 aromatic carbocycles. The molecule has 0 bridgehead atoms. The fourth-order valence-corrected chi connectivity index (χ4v) is 3.02. The normalized spacial score (nSPS) is 20.3. The Morgan fingerprint density at radius 2 is 2.21 bits per heavy atom. The molecule has 0 radical (unpaired) electrons. The molecule has 1 heterocycles. The van der Waals surface area contributed by atoms with Gasteiger partial charge in [-0.3, -0.25) is 4.79 Å². The van der Waals surface area contributed by atoms with Gasteiger partial charge in [-0.25, -0.2) is 0 Å². The Labute approximate surface area is 116 Å². The molecule has 2 atom stereocenters. The molecule has 0 saturated carbocycles. The van der Waals surface area contributed by atoms with Crippen LogP contribution in [-0.2, 0) is 13.8 Å². The Bertz CT molecular complexity index is 320. The van der Waals surface area contributed by atoms with E-state index in [9.17, 15) is 4.79 Å². The molecule has 0 aliphatic carbocycles. The average molecular weight is 287 g/mol. The van der Waals surface area contributed by atoms with E-state index in [4.69, 9.17) is 14.3 Å². The molecule has 1 aliphatic rings. The van der Waals surface area contributed by atoms with Crippen molar-refractivity contribution in [1.82, 2.24) is 4.90 Å². The van der Waals surface area contributed by atoms with Crippen LogP contribution in [0, 0.1) is 11.3 Å². The van der Waals surface area contributed by atoms with Crippen LogP contribution in [0.1, 0.15) is 39.0 Å². The third kappa shape index (κ3) is 5.86. The van der Waals surface area contributed by atoms with Gasteiger partial charge in [0.25, 0.3) is 0 Å². The standard InChI is InChI=1S/C13H23N2O3P/c1-3-12-6-4-9-15(12)13(16)7-11-18-19(2)17-10-5-8-14/h12H,3-7,9-11H2,1-2H3/i15+1. The van der Waals surface area contributed by atoms with Crippen LogP contribution < -0.4 is 0 Å². The highest BCUT2D eigenvalue weighted by Crippen LogP contribution is 2.33. The topological polar surface area (TPSA) is 62.6 Å². The van der Waals surface area contributed by atoms with E-state index in [0.29, 0.717) is 32.1 Å². The lowest BCUT2D eigenvalue weighted by Crippen LogP contribution is -2.35. The van der Waals surface area contributed by atoms with Gasteiger partial charge in [0.1, 0.15) is 0 Å². The zero-order valence-electron chi connectivity index (χ0n) is 11.8. The molecule has 19 heavy (non-hydrogen) atoms. The zero-order chi connectivity index (χ0) is 14.1. The van der Waals surface area contributed by atoms with Gasteiger partial charge in [0, 0.05) is 19.3 Å². The number of carbonyl (C=O) groups is 1. The molecular weight excluding hydrogens is 264 g/mol. The van der Waals surface area contributed by atoms with Crippen molar-refractivity contribution in [2.45, 2.75) is 45.1 Å². The van der Waals surface area contributed by atoms with E-state index in [-0.39, 0.29) is 5.91 Å². The minimum absolute atomic E-state index is 0.185. The van der Waals surface area contributed by atoms with E-state index in [0.717, 1.165) is 25.8 Å². The summed E-state index contributed by atoms with van der Waals surface area (Å²) in [5.41, 5.74) is 0. The lowest BCUT2D eigenvalue weighted by Gasteiger charge is -2.23. The van der Waals surface area contributed by atoms with E-state index < -0.39 is 8.38 Å². The van der Waals surface area contributed by atoms with E-state index in [2.05, 4.69) is 6.92 Å². The first-order valence-electron chi connectivity index (χ1n) is 6.85. The first-order valence-corrected chi connectivity index (χ1v) is 8.47. The average Bonchev–Trinajstić information content (AvgIpc) is 2.87. The van der Waals surface area contributed by atoms with Gasteiger partial charge in [0.2, 0.25) is 5.91 Å². The summed E-state index contributed by atoms with van der Waals surface area (Å²) in [6.45, 7) is 5.66. The highest BCUT2D eigenvalue weighted by Gasteiger charge is 2.26. The molecule has 2 unspecified atom stereocenters. The van der Waals surface area contributed by atoms with Crippen LogP contribution >= 0.6 is 8.38 Å². The van der Waals surface area contributed by atoms with E-state index >= 15 is 0 Å². The van der Waals surface area contributed by atoms with Crippen molar-refractivity contribution < 1.29 is 13.8 Å². The lowest BCUT2D eigenvalue weighted by atomic mass is 10.2. The Morgan fingerprint density at radius 3 is 2.89 bits per heavy atom. The molecule has 0 aromatic rings. The molecule has 0 aromatic heterocycles. The molecule has 5 nitrogen and oxygen atoms in total. The van der Waals surface area contributed by atoms with Gasteiger partial charge in [0.05, 0.1) is 32.1 Å². The molecular formula is C13H23N2O3P. The van der Waals surface area contributed by atoms with Crippen LogP contribution in [0.5, 0.6) is 0 Å². The highest BCUT2D eigenvalue weighted by molar-refractivity contribution is 7.46. The second-order valence-electron chi connectivity index (χ2n) is 4.56. The van der Waals surface area contributed by atoms with Gasteiger partial charge < -0.3 is 13.9 Å². The predicted molar refractivity (Wildman–Crippen MR) is 74.6 cm³/mol. The smallest absolute Gasteiger partial charge is 0.225 e. The van der Waals surface area contributed by atoms with Crippen molar-refractivity contribution in [1.29, 1.82) is 5.26 Å². The Hall–Kier alpha value is -0.690. The highest BCUT2D eigenvalue weighted by atomic mass is 31.2. The summed E-state index contributed by atoms with van der Waals surface area (Å²) in [5.74, 6) is 0.185. The van der Waals surface area contributed by atoms with Crippen LogP contribution in [0.3, 0.4) is 0 Å². The molecule has 1 rings (SSSR count). The second kappa shape index (κ2) is 9.25. The van der Waals surface area contributed by atoms with Crippen LogP contribution in [-0.4, -0.2) is 43.3 Å². The lowest BCUT2D eigenvalue weighted by molar-refractivity contribution is -0.132. The molecule has 1 aliphatic heterocycles. The second-order valence-corrected chi connectivity index (χ2v) is 5.95. The maximum absolute atomic E-state index is 12.0. The zero-order valence-corrected chi connectivity index (χ0v) is 12.7. The first-order chi connectivity index (χ1) is 9.19. The van der Waals surface area contributed by atoms with Crippen molar-refractivity contribution in [2.24, 2.45) is 0 Å². The summed E-state index contributed by atoms with van der Waals surface area (Å²) in [6, 6.07) is 2.43. The van der Waals surface area contributed by atoms with Gasteiger partial charge in [-0.1, -0.05) is 6.92 Å². The Kier molecular flexibility index (Phi) is 7.97. The number of amides is 1. The summed E-state index contributed by atoms with van der Waals surface area (Å²) in [4.78, 5) is 14.0. The van der Waals surface area contributed by atoms with Crippen LogP contribution in [0.15, 0.2) is 0 Å². The van der Waals surface area contributed by atoms with E-state index in [1.165, 1.54) is 0 Å². The number of nitrogens with zero attached hydrogens (tertiary/aromatic N) is 2. The molecule has 108 valence electrons. The quantitative estimate of drug-likeness (QED) is 0.391. The van der Waals surface area contributed by atoms with E-state index in [1.54, 1.807) is 0 Å². The summed E-state index contributed by atoms with van der Waals surface area (Å²) in [7, 11) is -0.972. The fourth-order valence-electron chi connectivity index (χ4n) is 2.25. The minimum Gasteiger partial charge on any atom is -0.340 e. The number of hydrogen-bond acceptors (Lipinski definition) is 4. The van der Waals surface area contributed by atoms with Crippen molar-refractivity contribution in [3.63, 3.8) is 0 Å². The van der Waals surface area contributed by atoms with Gasteiger partial charge in [0.15, 0.2) is 8.38 Å². The summed E-state index contributed by atoms with van der Waals surface area (Å²) in [5, 5.41) is 8.38. The largest absolute Gasteiger partial charge is 0.340 e. The van der Waals surface area contributed by atoms with Gasteiger partial charge in [-0.2, -0.15) is 5.26 Å². The molecule has 1 fully saturated rings. The summed E-state index contributed by atoms with van der Waals surface area (Å²) < 4.78 is 10.8. The van der Waals surface area contributed by atoms with Crippen molar-refractivity contribution in [3.05, 3.63) is 0 Å². The maximum Gasteiger partial charge on any atom is 0.225 e. The molecule has 0 N–H and O–H groups in total. The van der Waals surface area contributed by atoms with Gasteiger partial charge in [-0.05, 0) is 19.3 Å². The third-order valence-corrected chi connectivity index (χ3v) is 4.34. The number of carbonyl (C=O) groups excluding carboxylic acids is 1. The van der Waals surface area contributed by atoms with Gasteiger partial charge in [-0.15, -0.1) is 0 Å². The van der Waals surface area contributed by atoms with Crippen LogP contribution in [0.25, 0.3) is 0 Å².